The van der Waals surface area contributed by atoms with E-state index >= 15 is 0 Å². The van der Waals surface area contributed by atoms with Crippen LogP contribution in [-0.2, 0) is 4.74 Å². The summed E-state index contributed by atoms with van der Waals surface area (Å²) in [5, 5.41) is 12.3. The van der Waals surface area contributed by atoms with Crippen molar-refractivity contribution in [3.05, 3.63) is 17.8 Å². The van der Waals surface area contributed by atoms with E-state index in [1.807, 2.05) is 0 Å². The Kier molecular flexibility index (Phi) is 4.25. The molecule has 1 aromatic rings. The molecular formula is C14H22N4O. The van der Waals surface area contributed by atoms with Crippen molar-refractivity contribution in [2.75, 3.05) is 44.3 Å². The Morgan fingerprint density at radius 2 is 2.00 bits per heavy atom. The maximum absolute atomic E-state index is 5.39. The van der Waals surface area contributed by atoms with Crippen molar-refractivity contribution in [2.24, 2.45) is 0 Å². The molecule has 3 heterocycles. The minimum absolute atomic E-state index is 0.529. The number of anilines is 1. The third kappa shape index (κ3) is 3.22. The van der Waals surface area contributed by atoms with Crippen LogP contribution in [0.15, 0.2) is 12.1 Å². The first-order valence-electron chi connectivity index (χ1n) is 7.30. The van der Waals surface area contributed by atoms with Crippen molar-refractivity contribution in [3.8, 4) is 0 Å². The molecule has 104 valence electrons. The fourth-order valence-electron chi connectivity index (χ4n) is 2.79. The first kappa shape index (κ1) is 12.8. The number of nitrogens with zero attached hydrogens (tertiary/aromatic N) is 3. The molecule has 2 fully saturated rings. The molecule has 5 heteroatoms. The summed E-state index contributed by atoms with van der Waals surface area (Å²) in [6.45, 7) is 5.93. The van der Waals surface area contributed by atoms with E-state index in [-0.39, 0.29) is 0 Å². The molecule has 19 heavy (non-hydrogen) atoms. The van der Waals surface area contributed by atoms with Gasteiger partial charge in [0, 0.05) is 38.8 Å². The lowest BCUT2D eigenvalue weighted by Gasteiger charge is -2.23. The number of nitrogens with one attached hydrogen (secondary N) is 1. The summed E-state index contributed by atoms with van der Waals surface area (Å²) in [5.41, 5.74) is 1.12. The average molecular weight is 262 g/mol. The second-order valence-electron chi connectivity index (χ2n) is 5.29. The maximum Gasteiger partial charge on any atom is 0.151 e. The lowest BCUT2D eigenvalue weighted by atomic mass is 9.96. The molecule has 0 saturated carbocycles. The molecule has 2 aliphatic heterocycles. The molecule has 0 aromatic carbocycles. The van der Waals surface area contributed by atoms with Gasteiger partial charge in [0.05, 0.1) is 5.69 Å². The van der Waals surface area contributed by atoms with Crippen LogP contribution in [0.1, 0.15) is 30.9 Å². The molecule has 0 atom stereocenters. The summed E-state index contributed by atoms with van der Waals surface area (Å²) < 4.78 is 5.39. The van der Waals surface area contributed by atoms with E-state index in [2.05, 4.69) is 32.5 Å². The molecular weight excluding hydrogens is 240 g/mol. The van der Waals surface area contributed by atoms with E-state index in [4.69, 9.17) is 4.74 Å². The summed E-state index contributed by atoms with van der Waals surface area (Å²) in [6.07, 6.45) is 3.31. The van der Waals surface area contributed by atoms with Gasteiger partial charge in [-0.15, -0.1) is 5.10 Å². The second kappa shape index (κ2) is 6.30. The smallest absolute Gasteiger partial charge is 0.151 e. The summed E-state index contributed by atoms with van der Waals surface area (Å²) in [7, 11) is 0. The highest BCUT2D eigenvalue weighted by atomic mass is 16.5. The van der Waals surface area contributed by atoms with Gasteiger partial charge in [-0.05, 0) is 37.9 Å². The molecule has 3 rings (SSSR count). The first-order chi connectivity index (χ1) is 9.43. The van der Waals surface area contributed by atoms with E-state index in [0.29, 0.717) is 5.92 Å². The quantitative estimate of drug-likeness (QED) is 0.867. The zero-order chi connectivity index (χ0) is 12.9. The zero-order valence-electron chi connectivity index (χ0n) is 11.3. The molecule has 0 bridgehead atoms. The molecule has 0 spiro atoms. The Morgan fingerprint density at radius 3 is 2.79 bits per heavy atom. The van der Waals surface area contributed by atoms with Gasteiger partial charge in [0.15, 0.2) is 5.82 Å². The van der Waals surface area contributed by atoms with Gasteiger partial charge in [0.2, 0.25) is 0 Å². The van der Waals surface area contributed by atoms with Crippen molar-refractivity contribution < 1.29 is 4.74 Å². The first-order valence-corrected chi connectivity index (χ1v) is 7.30. The van der Waals surface area contributed by atoms with Gasteiger partial charge < -0.3 is 15.0 Å². The van der Waals surface area contributed by atoms with Crippen LogP contribution in [0.4, 0.5) is 5.82 Å². The molecule has 2 aliphatic rings. The van der Waals surface area contributed by atoms with Crippen LogP contribution in [0.25, 0.3) is 0 Å². The average Bonchev–Trinajstić information content (AvgIpc) is 2.77. The van der Waals surface area contributed by atoms with Gasteiger partial charge in [0.25, 0.3) is 0 Å². The van der Waals surface area contributed by atoms with Crippen molar-refractivity contribution in [3.63, 3.8) is 0 Å². The Balaban J connectivity index is 1.67. The van der Waals surface area contributed by atoms with Gasteiger partial charge >= 0.3 is 0 Å². The topological polar surface area (TPSA) is 50.3 Å². The van der Waals surface area contributed by atoms with E-state index in [0.717, 1.165) is 63.7 Å². The number of aromatic nitrogens is 2. The number of hydrogen-bond acceptors (Lipinski definition) is 5. The lowest BCUT2D eigenvalue weighted by Crippen LogP contribution is -2.29. The van der Waals surface area contributed by atoms with Crippen LogP contribution in [0.2, 0.25) is 0 Å². The standard InChI is InChI=1S/C14H22N4O/c1-6-15-7-9-18(8-1)14-3-2-13(16-17-14)12-4-10-19-11-5-12/h2-3,12,15H,1,4-11H2. The molecule has 0 unspecified atom stereocenters. The highest BCUT2D eigenvalue weighted by molar-refractivity contribution is 5.37. The van der Waals surface area contributed by atoms with Gasteiger partial charge in [-0.25, -0.2) is 0 Å². The van der Waals surface area contributed by atoms with Gasteiger partial charge in [-0.2, -0.15) is 5.10 Å². The van der Waals surface area contributed by atoms with Crippen LogP contribution < -0.4 is 10.2 Å². The molecule has 0 aliphatic carbocycles. The van der Waals surface area contributed by atoms with Gasteiger partial charge in [-0.1, -0.05) is 0 Å². The Hall–Kier alpha value is -1.20. The fourth-order valence-corrected chi connectivity index (χ4v) is 2.79. The van der Waals surface area contributed by atoms with Crippen LogP contribution in [-0.4, -0.2) is 49.6 Å². The summed E-state index contributed by atoms with van der Waals surface area (Å²) in [6, 6.07) is 4.28. The van der Waals surface area contributed by atoms with Gasteiger partial charge in [0.1, 0.15) is 0 Å². The normalized spacial score (nSPS) is 22.2. The highest BCUT2D eigenvalue weighted by Gasteiger charge is 2.18. The summed E-state index contributed by atoms with van der Waals surface area (Å²) in [5.74, 6) is 1.54. The number of ether oxygens (including phenoxy) is 1. The maximum atomic E-state index is 5.39. The Morgan fingerprint density at radius 1 is 1.11 bits per heavy atom. The third-order valence-electron chi connectivity index (χ3n) is 3.97. The second-order valence-corrected chi connectivity index (χ2v) is 5.29. The van der Waals surface area contributed by atoms with Crippen LogP contribution >= 0.6 is 0 Å². The molecule has 1 aromatic heterocycles. The van der Waals surface area contributed by atoms with Crippen molar-refractivity contribution >= 4 is 5.82 Å². The predicted octanol–water partition coefficient (Wildman–Crippen LogP) is 1.17. The number of hydrogen-bond donors (Lipinski definition) is 1. The van der Waals surface area contributed by atoms with E-state index in [9.17, 15) is 0 Å². The SMILES string of the molecule is c1cc(N2CCCNCC2)nnc1C1CCOCC1. The van der Waals surface area contributed by atoms with E-state index < -0.39 is 0 Å². The molecule has 0 amide bonds. The summed E-state index contributed by atoms with van der Waals surface area (Å²) >= 11 is 0. The largest absolute Gasteiger partial charge is 0.381 e. The lowest BCUT2D eigenvalue weighted by molar-refractivity contribution is 0.0843. The summed E-state index contributed by atoms with van der Waals surface area (Å²) in [4.78, 5) is 2.32. The van der Waals surface area contributed by atoms with Gasteiger partial charge in [-0.3, -0.25) is 0 Å². The van der Waals surface area contributed by atoms with Crippen molar-refractivity contribution in [1.82, 2.24) is 15.5 Å². The van der Waals surface area contributed by atoms with Crippen molar-refractivity contribution in [1.29, 1.82) is 0 Å². The monoisotopic (exact) mass is 262 g/mol. The number of rotatable bonds is 2. The molecule has 1 N–H and O–H groups in total. The molecule has 2 saturated heterocycles. The predicted molar refractivity (Wildman–Crippen MR) is 74.5 cm³/mol. The molecule has 5 nitrogen and oxygen atoms in total. The zero-order valence-corrected chi connectivity index (χ0v) is 11.3. The van der Waals surface area contributed by atoms with E-state index in [1.54, 1.807) is 0 Å². The van der Waals surface area contributed by atoms with Crippen LogP contribution in [0, 0.1) is 0 Å². The highest BCUT2D eigenvalue weighted by Crippen LogP contribution is 2.25. The third-order valence-corrected chi connectivity index (χ3v) is 3.97. The Bertz CT molecular complexity index is 381. The van der Waals surface area contributed by atoms with E-state index in [1.165, 1.54) is 6.42 Å². The fraction of sp³-hybridized carbons (Fsp3) is 0.714. The Labute approximate surface area is 114 Å². The minimum atomic E-state index is 0.529. The van der Waals surface area contributed by atoms with Crippen molar-refractivity contribution in [2.45, 2.75) is 25.2 Å². The minimum Gasteiger partial charge on any atom is -0.381 e. The van der Waals surface area contributed by atoms with Crippen LogP contribution in [0.3, 0.4) is 0 Å². The molecule has 0 radical (unpaired) electrons. The van der Waals surface area contributed by atoms with Crippen LogP contribution in [0.5, 0.6) is 0 Å².